The predicted molar refractivity (Wildman–Crippen MR) is 92.9 cm³/mol. The molecular formula is C15H19N3O5S2. The molecule has 0 spiro atoms. The van der Waals surface area contributed by atoms with E-state index in [0.29, 0.717) is 10.9 Å². The number of hydrazine groups is 1. The van der Waals surface area contributed by atoms with Crippen molar-refractivity contribution in [1.82, 2.24) is 14.4 Å². The molecule has 2 aromatic rings. The average Bonchev–Trinajstić information content (AvgIpc) is 2.78. The number of sulfone groups is 1. The normalized spacial score (nSPS) is 23.6. The van der Waals surface area contributed by atoms with E-state index in [-0.39, 0.29) is 4.90 Å². The van der Waals surface area contributed by atoms with Crippen LogP contribution in [0.15, 0.2) is 41.4 Å². The Morgan fingerprint density at radius 2 is 1.84 bits per heavy atom. The highest BCUT2D eigenvalue weighted by Crippen LogP contribution is 2.29. The summed E-state index contributed by atoms with van der Waals surface area (Å²) in [5.74, 6) is -0.880. The maximum absolute atomic E-state index is 13.3. The Hall–Kier alpha value is -1.59. The second-order valence-corrected chi connectivity index (χ2v) is 10.1. The van der Waals surface area contributed by atoms with Gasteiger partial charge in [-0.1, -0.05) is 18.2 Å². The molecule has 0 bridgehead atoms. The Morgan fingerprint density at radius 3 is 2.44 bits per heavy atom. The molecule has 0 unspecified atom stereocenters. The minimum Gasteiger partial charge on any atom is -0.390 e. The number of aliphatic hydroxyl groups is 1. The Kier molecular flexibility index (Phi) is 4.58. The van der Waals surface area contributed by atoms with Gasteiger partial charge in [-0.15, -0.1) is 4.41 Å². The standard InChI is InChI=1S/C15H19N3O5S2/c1-17(2)18(12-9-24(20,21)10-13(12)19)25(22,23)14-7-3-5-11-6-4-8-16-15(11)14/h3-8,12-13,19H,9-10H2,1-2H3/t12-,13+/m0/s1. The Balaban J connectivity index is 2.16. The molecule has 1 N–H and O–H groups in total. The zero-order valence-electron chi connectivity index (χ0n) is 13.8. The molecule has 1 aliphatic rings. The van der Waals surface area contributed by atoms with E-state index < -0.39 is 43.5 Å². The SMILES string of the molecule is CN(C)N([C@H]1CS(=O)(=O)C[C@H]1O)S(=O)(=O)c1cccc2cccnc12. The molecule has 8 nitrogen and oxygen atoms in total. The van der Waals surface area contributed by atoms with E-state index in [0.717, 1.165) is 4.41 Å². The number of hydrogen-bond donors (Lipinski definition) is 1. The molecule has 1 aromatic heterocycles. The number of nitrogens with zero attached hydrogens (tertiary/aromatic N) is 3. The van der Waals surface area contributed by atoms with Crippen LogP contribution >= 0.6 is 0 Å². The number of para-hydroxylation sites is 1. The van der Waals surface area contributed by atoms with E-state index in [4.69, 9.17) is 0 Å². The van der Waals surface area contributed by atoms with Crippen molar-refractivity contribution in [2.24, 2.45) is 0 Å². The van der Waals surface area contributed by atoms with Crippen molar-refractivity contribution in [3.63, 3.8) is 0 Å². The zero-order valence-corrected chi connectivity index (χ0v) is 15.4. The van der Waals surface area contributed by atoms with Gasteiger partial charge in [0.2, 0.25) is 0 Å². The predicted octanol–water partition coefficient (Wildman–Crippen LogP) is -0.140. The summed E-state index contributed by atoms with van der Waals surface area (Å²) >= 11 is 0. The number of fused-ring (bicyclic) bond motifs is 1. The molecule has 0 amide bonds. The fourth-order valence-electron chi connectivity index (χ4n) is 3.10. The molecule has 0 saturated carbocycles. The van der Waals surface area contributed by atoms with Crippen LogP contribution in [0.1, 0.15) is 0 Å². The second kappa shape index (κ2) is 6.29. The first-order valence-electron chi connectivity index (χ1n) is 7.57. The van der Waals surface area contributed by atoms with E-state index in [9.17, 15) is 21.9 Å². The van der Waals surface area contributed by atoms with Crippen LogP contribution in [0.2, 0.25) is 0 Å². The Morgan fingerprint density at radius 1 is 1.16 bits per heavy atom. The van der Waals surface area contributed by atoms with Crippen LogP contribution < -0.4 is 0 Å². The summed E-state index contributed by atoms with van der Waals surface area (Å²) in [5, 5.41) is 12.1. The van der Waals surface area contributed by atoms with Crippen molar-refractivity contribution in [3.8, 4) is 0 Å². The van der Waals surface area contributed by atoms with Crippen molar-refractivity contribution < 1.29 is 21.9 Å². The van der Waals surface area contributed by atoms with Crippen molar-refractivity contribution in [2.45, 2.75) is 17.0 Å². The van der Waals surface area contributed by atoms with Crippen molar-refractivity contribution in [2.75, 3.05) is 25.6 Å². The third-order valence-corrected chi connectivity index (χ3v) is 7.77. The first-order valence-corrected chi connectivity index (χ1v) is 10.8. The quantitative estimate of drug-likeness (QED) is 0.730. The fourth-order valence-corrected chi connectivity index (χ4v) is 6.82. The first kappa shape index (κ1) is 18.2. The minimum atomic E-state index is -4.12. The first-order chi connectivity index (χ1) is 11.6. The van der Waals surface area contributed by atoms with Crippen LogP contribution in [-0.4, -0.2) is 74.1 Å². The highest BCUT2D eigenvalue weighted by atomic mass is 32.2. The number of pyridine rings is 1. The number of aliphatic hydroxyl groups excluding tert-OH is 1. The van der Waals surface area contributed by atoms with Gasteiger partial charge in [0.05, 0.1) is 29.2 Å². The van der Waals surface area contributed by atoms with Gasteiger partial charge in [0.15, 0.2) is 9.84 Å². The van der Waals surface area contributed by atoms with Crippen LogP contribution in [0.4, 0.5) is 0 Å². The van der Waals surface area contributed by atoms with E-state index in [1.807, 2.05) is 0 Å². The number of aromatic nitrogens is 1. The molecule has 1 saturated heterocycles. The topological polar surface area (TPSA) is 108 Å². The van der Waals surface area contributed by atoms with Gasteiger partial charge in [-0.05, 0) is 12.1 Å². The summed E-state index contributed by atoms with van der Waals surface area (Å²) in [4.78, 5) is 4.13. The zero-order chi connectivity index (χ0) is 18.4. The van der Waals surface area contributed by atoms with Gasteiger partial charge >= 0.3 is 0 Å². The molecule has 136 valence electrons. The molecule has 2 heterocycles. The lowest BCUT2D eigenvalue weighted by atomic mass is 10.2. The highest BCUT2D eigenvalue weighted by Gasteiger charge is 2.46. The molecular weight excluding hydrogens is 366 g/mol. The molecule has 25 heavy (non-hydrogen) atoms. The van der Waals surface area contributed by atoms with Gasteiger partial charge in [0.1, 0.15) is 4.90 Å². The summed E-state index contributed by atoms with van der Waals surface area (Å²) in [6.07, 6.45) is 0.209. The molecule has 0 aliphatic carbocycles. The van der Waals surface area contributed by atoms with Gasteiger partial charge < -0.3 is 5.11 Å². The molecule has 3 rings (SSSR count). The average molecular weight is 385 g/mol. The lowest BCUT2D eigenvalue weighted by molar-refractivity contribution is 0.0272. The maximum Gasteiger partial charge on any atom is 0.258 e. The molecule has 1 fully saturated rings. The third kappa shape index (κ3) is 3.27. The molecule has 1 aromatic carbocycles. The van der Waals surface area contributed by atoms with Crippen molar-refractivity contribution in [1.29, 1.82) is 0 Å². The van der Waals surface area contributed by atoms with Crippen LogP contribution in [0.3, 0.4) is 0 Å². The van der Waals surface area contributed by atoms with E-state index >= 15 is 0 Å². The monoisotopic (exact) mass is 385 g/mol. The van der Waals surface area contributed by atoms with Crippen molar-refractivity contribution in [3.05, 3.63) is 36.5 Å². The fraction of sp³-hybridized carbons (Fsp3) is 0.400. The van der Waals surface area contributed by atoms with E-state index in [1.165, 1.54) is 31.4 Å². The largest absolute Gasteiger partial charge is 0.390 e. The minimum absolute atomic E-state index is 0.0317. The van der Waals surface area contributed by atoms with Gasteiger partial charge in [-0.25, -0.2) is 21.8 Å². The third-order valence-electron chi connectivity index (χ3n) is 4.09. The van der Waals surface area contributed by atoms with E-state index in [1.54, 1.807) is 24.3 Å². The smallest absolute Gasteiger partial charge is 0.258 e. The van der Waals surface area contributed by atoms with Crippen LogP contribution in [0, 0.1) is 0 Å². The lowest BCUT2D eigenvalue weighted by Gasteiger charge is -2.34. The molecule has 2 atom stereocenters. The highest BCUT2D eigenvalue weighted by molar-refractivity contribution is 7.92. The summed E-state index contributed by atoms with van der Waals surface area (Å²) < 4.78 is 51.2. The molecule has 10 heteroatoms. The Bertz CT molecular complexity index is 1000. The maximum atomic E-state index is 13.3. The number of rotatable bonds is 4. The summed E-state index contributed by atoms with van der Waals surface area (Å²) in [5.41, 5.74) is 0.298. The number of hydrogen-bond acceptors (Lipinski definition) is 7. The second-order valence-electron chi connectivity index (χ2n) is 6.17. The summed E-state index contributed by atoms with van der Waals surface area (Å²) in [6, 6.07) is 7.15. The van der Waals surface area contributed by atoms with Gasteiger partial charge in [0, 0.05) is 25.7 Å². The molecule has 1 aliphatic heterocycles. The van der Waals surface area contributed by atoms with Gasteiger partial charge in [-0.3, -0.25) is 4.98 Å². The molecule has 0 radical (unpaired) electrons. The number of benzene rings is 1. The van der Waals surface area contributed by atoms with Gasteiger partial charge in [0.25, 0.3) is 10.0 Å². The lowest BCUT2D eigenvalue weighted by Crippen LogP contribution is -2.53. The van der Waals surface area contributed by atoms with E-state index in [2.05, 4.69) is 4.98 Å². The van der Waals surface area contributed by atoms with Crippen LogP contribution in [-0.2, 0) is 19.9 Å². The Labute approximate surface area is 146 Å². The summed E-state index contributed by atoms with van der Waals surface area (Å²) in [6.45, 7) is 0. The summed E-state index contributed by atoms with van der Waals surface area (Å²) in [7, 11) is -4.64. The number of sulfonamides is 1. The van der Waals surface area contributed by atoms with Crippen LogP contribution in [0.5, 0.6) is 0 Å². The van der Waals surface area contributed by atoms with Crippen molar-refractivity contribution >= 4 is 30.8 Å². The van der Waals surface area contributed by atoms with Crippen LogP contribution in [0.25, 0.3) is 10.9 Å². The van der Waals surface area contributed by atoms with Gasteiger partial charge in [-0.2, -0.15) is 0 Å².